The summed E-state index contributed by atoms with van der Waals surface area (Å²) in [4.78, 5) is 13.8. The number of hydrogen-bond donors (Lipinski definition) is 0. The predicted octanol–water partition coefficient (Wildman–Crippen LogP) is 3.95. The van der Waals surface area contributed by atoms with Gasteiger partial charge in [0.2, 0.25) is 0 Å². The molecule has 4 nitrogen and oxygen atoms in total. The highest BCUT2D eigenvalue weighted by atomic mass is 35.5. The zero-order valence-corrected chi connectivity index (χ0v) is 14.0. The van der Waals surface area contributed by atoms with Crippen molar-refractivity contribution in [2.24, 2.45) is 0 Å². The number of halogens is 2. The smallest absolute Gasteiger partial charge is 0.260 e. The van der Waals surface area contributed by atoms with Crippen molar-refractivity contribution in [1.29, 1.82) is 5.26 Å². The summed E-state index contributed by atoms with van der Waals surface area (Å²) in [5, 5.41) is 9.07. The number of nitriles is 1. The van der Waals surface area contributed by atoms with Gasteiger partial charge in [-0.2, -0.15) is 5.26 Å². The summed E-state index contributed by atoms with van der Waals surface area (Å²) in [7, 11) is 1.65. The molecule has 0 bridgehead atoms. The summed E-state index contributed by atoms with van der Waals surface area (Å²) in [5.41, 5.74) is 1.24. The Bertz CT molecular complexity index is 772. The Kier molecular flexibility index (Phi) is 5.78. The summed E-state index contributed by atoms with van der Waals surface area (Å²) in [6.07, 6.45) is 0. The quantitative estimate of drug-likeness (QED) is 0.823. The van der Waals surface area contributed by atoms with E-state index in [1.54, 1.807) is 31.3 Å². The standard InChI is InChI=1S/C18H16ClFN2O2/c1-12(14-4-6-15(20)7-5-14)22(2)18(23)11-24-17-8-3-13(10-21)9-16(17)19/h3-9,12H,11H2,1-2H3. The summed E-state index contributed by atoms with van der Waals surface area (Å²) < 4.78 is 18.4. The van der Waals surface area contributed by atoms with Crippen LogP contribution < -0.4 is 4.74 Å². The third-order valence-corrected chi connectivity index (χ3v) is 4.03. The molecule has 2 aromatic rings. The predicted molar refractivity (Wildman–Crippen MR) is 89.2 cm³/mol. The first-order chi connectivity index (χ1) is 11.4. The zero-order valence-electron chi connectivity index (χ0n) is 13.3. The Morgan fingerprint density at radius 1 is 1.33 bits per heavy atom. The number of amides is 1. The molecular formula is C18H16ClFN2O2. The van der Waals surface area contributed by atoms with Crippen molar-refractivity contribution in [2.75, 3.05) is 13.7 Å². The molecule has 0 saturated carbocycles. The van der Waals surface area contributed by atoms with Crippen LogP contribution in [0, 0.1) is 17.1 Å². The van der Waals surface area contributed by atoms with Crippen LogP contribution in [0.2, 0.25) is 5.02 Å². The first-order valence-electron chi connectivity index (χ1n) is 7.26. The van der Waals surface area contributed by atoms with Gasteiger partial charge >= 0.3 is 0 Å². The maximum absolute atomic E-state index is 13.0. The van der Waals surface area contributed by atoms with Crippen LogP contribution in [0.25, 0.3) is 0 Å². The molecule has 0 aliphatic carbocycles. The van der Waals surface area contributed by atoms with Gasteiger partial charge in [0.25, 0.3) is 5.91 Å². The van der Waals surface area contributed by atoms with Crippen LogP contribution in [0.5, 0.6) is 5.75 Å². The lowest BCUT2D eigenvalue weighted by molar-refractivity contribution is -0.134. The van der Waals surface area contributed by atoms with E-state index in [-0.39, 0.29) is 29.4 Å². The van der Waals surface area contributed by atoms with Crippen molar-refractivity contribution in [3.8, 4) is 11.8 Å². The topological polar surface area (TPSA) is 53.3 Å². The summed E-state index contributed by atoms with van der Waals surface area (Å²) in [5.74, 6) is -0.224. The molecule has 0 spiro atoms. The van der Waals surface area contributed by atoms with Crippen molar-refractivity contribution < 1.29 is 13.9 Å². The molecule has 0 aromatic heterocycles. The lowest BCUT2D eigenvalue weighted by Crippen LogP contribution is -2.33. The lowest BCUT2D eigenvalue weighted by Gasteiger charge is -2.25. The number of hydrogen-bond acceptors (Lipinski definition) is 3. The Hall–Kier alpha value is -2.58. The highest BCUT2D eigenvalue weighted by molar-refractivity contribution is 6.32. The van der Waals surface area contributed by atoms with E-state index in [1.165, 1.54) is 23.1 Å². The van der Waals surface area contributed by atoms with Gasteiger partial charge < -0.3 is 9.64 Å². The fourth-order valence-corrected chi connectivity index (χ4v) is 2.34. The van der Waals surface area contributed by atoms with E-state index in [2.05, 4.69) is 0 Å². The number of nitrogens with zero attached hydrogens (tertiary/aromatic N) is 2. The second-order valence-corrected chi connectivity index (χ2v) is 5.69. The molecule has 6 heteroatoms. The van der Waals surface area contributed by atoms with Gasteiger partial charge in [-0.1, -0.05) is 23.7 Å². The Morgan fingerprint density at radius 3 is 2.58 bits per heavy atom. The van der Waals surface area contributed by atoms with Crippen LogP contribution in [0.3, 0.4) is 0 Å². The minimum atomic E-state index is -0.321. The summed E-state index contributed by atoms with van der Waals surface area (Å²) >= 11 is 6.01. The Labute approximate surface area is 145 Å². The molecule has 2 rings (SSSR count). The van der Waals surface area contributed by atoms with Gasteiger partial charge in [0.1, 0.15) is 11.6 Å². The van der Waals surface area contributed by atoms with Crippen LogP contribution in [0.15, 0.2) is 42.5 Å². The molecule has 0 radical (unpaired) electrons. The molecule has 0 aliphatic rings. The van der Waals surface area contributed by atoms with Gasteiger partial charge in [0, 0.05) is 7.05 Å². The van der Waals surface area contributed by atoms with Gasteiger partial charge in [0.15, 0.2) is 6.61 Å². The number of carbonyl (C=O) groups excluding carboxylic acids is 1. The highest BCUT2D eigenvalue weighted by Gasteiger charge is 2.18. The summed E-state index contributed by atoms with van der Waals surface area (Å²) in [6, 6.07) is 12.3. The van der Waals surface area contributed by atoms with Crippen molar-refractivity contribution in [2.45, 2.75) is 13.0 Å². The van der Waals surface area contributed by atoms with E-state index in [0.717, 1.165) is 5.56 Å². The van der Waals surface area contributed by atoms with Crippen LogP contribution in [-0.4, -0.2) is 24.5 Å². The van der Waals surface area contributed by atoms with E-state index in [0.29, 0.717) is 11.3 Å². The number of benzene rings is 2. The fourth-order valence-electron chi connectivity index (χ4n) is 2.11. The van der Waals surface area contributed by atoms with Crippen LogP contribution in [0.4, 0.5) is 4.39 Å². The molecule has 0 aliphatic heterocycles. The van der Waals surface area contributed by atoms with Crippen LogP contribution >= 0.6 is 11.6 Å². The van der Waals surface area contributed by atoms with Gasteiger partial charge in [-0.3, -0.25) is 4.79 Å². The van der Waals surface area contributed by atoms with Crippen molar-refractivity contribution in [3.05, 3.63) is 64.4 Å². The van der Waals surface area contributed by atoms with Crippen LogP contribution in [0.1, 0.15) is 24.1 Å². The minimum absolute atomic E-state index is 0.187. The molecule has 0 N–H and O–H groups in total. The second kappa shape index (κ2) is 7.80. The second-order valence-electron chi connectivity index (χ2n) is 5.28. The molecular weight excluding hydrogens is 331 g/mol. The van der Waals surface area contributed by atoms with Crippen molar-refractivity contribution in [3.63, 3.8) is 0 Å². The number of likely N-dealkylation sites (N-methyl/N-ethyl adjacent to an activating group) is 1. The van der Waals surface area contributed by atoms with E-state index in [1.807, 2.05) is 13.0 Å². The Balaban J connectivity index is 1.99. The molecule has 1 atom stereocenters. The van der Waals surface area contributed by atoms with E-state index in [9.17, 15) is 9.18 Å². The van der Waals surface area contributed by atoms with Gasteiger partial charge in [-0.05, 0) is 42.8 Å². The lowest BCUT2D eigenvalue weighted by atomic mass is 10.1. The van der Waals surface area contributed by atoms with Crippen LogP contribution in [-0.2, 0) is 4.79 Å². The molecule has 1 unspecified atom stereocenters. The Morgan fingerprint density at radius 2 is 2.00 bits per heavy atom. The highest BCUT2D eigenvalue weighted by Crippen LogP contribution is 2.25. The average molecular weight is 347 g/mol. The zero-order chi connectivity index (χ0) is 17.7. The number of rotatable bonds is 5. The molecule has 0 fully saturated rings. The summed E-state index contributed by atoms with van der Waals surface area (Å²) in [6.45, 7) is 1.66. The minimum Gasteiger partial charge on any atom is -0.482 e. The largest absolute Gasteiger partial charge is 0.482 e. The van der Waals surface area contributed by atoms with E-state index < -0.39 is 0 Å². The third-order valence-electron chi connectivity index (χ3n) is 3.74. The fraction of sp³-hybridized carbons (Fsp3) is 0.222. The number of ether oxygens (including phenoxy) is 1. The van der Waals surface area contributed by atoms with Gasteiger partial charge in [-0.15, -0.1) is 0 Å². The molecule has 0 saturated heterocycles. The van der Waals surface area contributed by atoms with Crippen molar-refractivity contribution in [1.82, 2.24) is 4.90 Å². The third kappa shape index (κ3) is 4.24. The maximum Gasteiger partial charge on any atom is 0.260 e. The van der Waals surface area contributed by atoms with Gasteiger partial charge in [0.05, 0.1) is 22.7 Å². The van der Waals surface area contributed by atoms with Crippen molar-refractivity contribution >= 4 is 17.5 Å². The maximum atomic E-state index is 13.0. The number of carbonyl (C=O) groups is 1. The molecule has 24 heavy (non-hydrogen) atoms. The normalized spacial score (nSPS) is 11.5. The van der Waals surface area contributed by atoms with Gasteiger partial charge in [-0.25, -0.2) is 4.39 Å². The van der Waals surface area contributed by atoms with E-state index in [4.69, 9.17) is 21.6 Å². The van der Waals surface area contributed by atoms with E-state index >= 15 is 0 Å². The molecule has 0 heterocycles. The average Bonchev–Trinajstić information content (AvgIpc) is 2.59. The molecule has 124 valence electrons. The SMILES string of the molecule is CC(c1ccc(F)cc1)N(C)C(=O)COc1ccc(C#N)cc1Cl. The first kappa shape index (κ1) is 17.8. The first-order valence-corrected chi connectivity index (χ1v) is 7.63. The molecule has 1 amide bonds. The molecule has 2 aromatic carbocycles. The monoisotopic (exact) mass is 346 g/mol.